The highest BCUT2D eigenvalue weighted by Gasteiger charge is 2.26. The van der Waals surface area contributed by atoms with Crippen molar-refractivity contribution in [3.05, 3.63) is 36.0 Å². The van der Waals surface area contributed by atoms with Gasteiger partial charge in [0.2, 0.25) is 0 Å². The van der Waals surface area contributed by atoms with Gasteiger partial charge >= 0.3 is 0 Å². The molecule has 2 atom stereocenters. The van der Waals surface area contributed by atoms with Gasteiger partial charge in [0.1, 0.15) is 0 Å². The van der Waals surface area contributed by atoms with E-state index in [1.807, 2.05) is 0 Å². The monoisotopic (exact) mass is 269 g/mol. The summed E-state index contributed by atoms with van der Waals surface area (Å²) in [6.45, 7) is 6.23. The molecule has 1 aliphatic heterocycles. The van der Waals surface area contributed by atoms with Crippen LogP contribution in [0.1, 0.15) is 25.5 Å². The number of hydrogen-bond acceptors (Lipinski definition) is 3. The summed E-state index contributed by atoms with van der Waals surface area (Å²) >= 11 is 0. The van der Waals surface area contributed by atoms with Crippen molar-refractivity contribution < 1.29 is 0 Å². The molecule has 1 aromatic heterocycles. The van der Waals surface area contributed by atoms with E-state index < -0.39 is 0 Å². The summed E-state index contributed by atoms with van der Waals surface area (Å²) in [4.78, 5) is 7.17. The standard InChI is InChI=1S/C17H23N3/c1-12-9-17(15-5-3-4-6-16(15)19-12)20-11-14(10-18)8-7-13(20)2/h3-6,9,13-14H,7-8,10-11,18H2,1-2H3. The molecule has 2 unspecified atom stereocenters. The summed E-state index contributed by atoms with van der Waals surface area (Å²) in [7, 11) is 0. The van der Waals surface area contributed by atoms with Gasteiger partial charge in [0.25, 0.3) is 0 Å². The van der Waals surface area contributed by atoms with Crippen LogP contribution in [0, 0.1) is 12.8 Å². The van der Waals surface area contributed by atoms with Crippen molar-refractivity contribution in [3.8, 4) is 0 Å². The maximum Gasteiger partial charge on any atom is 0.0726 e. The van der Waals surface area contributed by atoms with Gasteiger partial charge in [-0.2, -0.15) is 0 Å². The highest BCUT2D eigenvalue weighted by molar-refractivity contribution is 5.92. The first-order valence-electron chi connectivity index (χ1n) is 7.52. The molecule has 1 aromatic carbocycles. The fourth-order valence-corrected chi connectivity index (χ4v) is 3.23. The van der Waals surface area contributed by atoms with Crippen LogP contribution in [0.4, 0.5) is 5.69 Å². The van der Waals surface area contributed by atoms with E-state index in [-0.39, 0.29) is 0 Å². The third-order valence-electron chi connectivity index (χ3n) is 4.44. The normalized spacial score (nSPS) is 23.2. The van der Waals surface area contributed by atoms with Gasteiger partial charge in [-0.05, 0) is 51.3 Å². The Morgan fingerprint density at radius 2 is 2.10 bits per heavy atom. The second kappa shape index (κ2) is 5.41. The number of fused-ring (bicyclic) bond motifs is 1. The maximum atomic E-state index is 5.89. The lowest BCUT2D eigenvalue weighted by Crippen LogP contribution is -2.44. The topological polar surface area (TPSA) is 42.1 Å². The van der Waals surface area contributed by atoms with E-state index in [2.05, 4.69) is 54.1 Å². The number of benzene rings is 1. The second-order valence-electron chi connectivity index (χ2n) is 5.98. The van der Waals surface area contributed by atoms with E-state index in [4.69, 9.17) is 5.73 Å². The predicted octanol–water partition coefficient (Wildman–Crippen LogP) is 3.11. The van der Waals surface area contributed by atoms with Crippen molar-refractivity contribution in [2.75, 3.05) is 18.0 Å². The minimum Gasteiger partial charge on any atom is -0.368 e. The first-order chi connectivity index (χ1) is 9.69. The van der Waals surface area contributed by atoms with Gasteiger partial charge in [-0.15, -0.1) is 0 Å². The van der Waals surface area contributed by atoms with Crippen molar-refractivity contribution in [1.82, 2.24) is 4.98 Å². The smallest absolute Gasteiger partial charge is 0.0726 e. The van der Waals surface area contributed by atoms with Crippen molar-refractivity contribution in [1.29, 1.82) is 0 Å². The van der Waals surface area contributed by atoms with Gasteiger partial charge < -0.3 is 10.6 Å². The van der Waals surface area contributed by atoms with Crippen molar-refractivity contribution in [2.24, 2.45) is 11.7 Å². The van der Waals surface area contributed by atoms with Gasteiger partial charge in [0, 0.05) is 29.4 Å². The Morgan fingerprint density at radius 3 is 2.90 bits per heavy atom. The number of rotatable bonds is 2. The minimum absolute atomic E-state index is 0.572. The van der Waals surface area contributed by atoms with Gasteiger partial charge in [-0.1, -0.05) is 18.2 Å². The number of para-hydroxylation sites is 1. The van der Waals surface area contributed by atoms with E-state index in [9.17, 15) is 0 Å². The SMILES string of the molecule is Cc1cc(N2CC(CN)CCC2C)c2ccccc2n1. The lowest BCUT2D eigenvalue weighted by molar-refractivity contribution is 0.374. The summed E-state index contributed by atoms with van der Waals surface area (Å²) in [6.07, 6.45) is 2.47. The Hall–Kier alpha value is -1.61. The Bertz CT molecular complexity index is 608. The summed E-state index contributed by atoms with van der Waals surface area (Å²) in [6, 6.07) is 11.2. The predicted molar refractivity (Wildman–Crippen MR) is 85.1 cm³/mol. The molecular weight excluding hydrogens is 246 g/mol. The first kappa shape index (κ1) is 13.4. The molecule has 0 amide bonds. The molecule has 3 nitrogen and oxygen atoms in total. The molecule has 20 heavy (non-hydrogen) atoms. The fourth-order valence-electron chi connectivity index (χ4n) is 3.23. The van der Waals surface area contributed by atoms with Crippen LogP contribution in [0.15, 0.2) is 30.3 Å². The number of hydrogen-bond donors (Lipinski definition) is 1. The Kier molecular flexibility index (Phi) is 3.62. The van der Waals surface area contributed by atoms with Crippen LogP contribution in [-0.2, 0) is 0 Å². The van der Waals surface area contributed by atoms with E-state index in [1.165, 1.54) is 23.9 Å². The molecule has 0 aliphatic carbocycles. The summed E-state index contributed by atoms with van der Waals surface area (Å²) in [5, 5.41) is 1.25. The van der Waals surface area contributed by atoms with Gasteiger partial charge in [-0.3, -0.25) is 4.98 Å². The zero-order chi connectivity index (χ0) is 14.1. The van der Waals surface area contributed by atoms with Crippen LogP contribution >= 0.6 is 0 Å². The van der Waals surface area contributed by atoms with Crippen molar-refractivity contribution >= 4 is 16.6 Å². The van der Waals surface area contributed by atoms with Gasteiger partial charge in [0.15, 0.2) is 0 Å². The number of aromatic nitrogens is 1. The molecule has 0 spiro atoms. The molecule has 0 saturated carbocycles. The third-order valence-corrected chi connectivity index (χ3v) is 4.44. The van der Waals surface area contributed by atoms with Crippen LogP contribution in [0.2, 0.25) is 0 Å². The zero-order valence-corrected chi connectivity index (χ0v) is 12.3. The number of anilines is 1. The number of nitrogens with two attached hydrogens (primary N) is 1. The minimum atomic E-state index is 0.572. The Balaban J connectivity index is 2.08. The fraction of sp³-hybridized carbons (Fsp3) is 0.471. The number of piperidine rings is 1. The maximum absolute atomic E-state index is 5.89. The molecule has 2 N–H and O–H groups in total. The molecule has 0 bridgehead atoms. The van der Waals surface area contributed by atoms with E-state index in [1.54, 1.807) is 0 Å². The Morgan fingerprint density at radius 1 is 1.30 bits per heavy atom. The molecular formula is C17H23N3. The number of aryl methyl sites for hydroxylation is 1. The molecule has 1 saturated heterocycles. The largest absolute Gasteiger partial charge is 0.368 e. The third kappa shape index (κ3) is 2.38. The van der Waals surface area contributed by atoms with Crippen molar-refractivity contribution in [3.63, 3.8) is 0 Å². The summed E-state index contributed by atoms with van der Waals surface area (Å²) < 4.78 is 0. The molecule has 106 valence electrons. The average molecular weight is 269 g/mol. The molecule has 3 rings (SSSR count). The number of nitrogens with zero attached hydrogens (tertiary/aromatic N) is 2. The van der Waals surface area contributed by atoms with Crippen molar-refractivity contribution in [2.45, 2.75) is 32.7 Å². The summed E-state index contributed by atoms with van der Waals surface area (Å²) in [5.41, 5.74) is 9.38. The molecule has 1 fully saturated rings. The lowest BCUT2D eigenvalue weighted by atomic mass is 9.92. The highest BCUT2D eigenvalue weighted by Crippen LogP contribution is 2.32. The molecule has 2 aromatic rings. The number of pyridine rings is 1. The van der Waals surface area contributed by atoms with Crippen LogP contribution in [-0.4, -0.2) is 24.1 Å². The van der Waals surface area contributed by atoms with E-state index in [0.717, 1.165) is 24.3 Å². The molecule has 0 radical (unpaired) electrons. The quantitative estimate of drug-likeness (QED) is 0.911. The molecule has 3 heteroatoms. The Labute approximate surface area is 120 Å². The average Bonchev–Trinajstić information content (AvgIpc) is 2.47. The summed E-state index contributed by atoms with van der Waals surface area (Å²) in [5.74, 6) is 0.610. The first-order valence-corrected chi connectivity index (χ1v) is 7.52. The molecule has 1 aliphatic rings. The second-order valence-corrected chi connectivity index (χ2v) is 5.98. The van der Waals surface area contributed by atoms with Crippen LogP contribution in [0.3, 0.4) is 0 Å². The van der Waals surface area contributed by atoms with Crippen LogP contribution < -0.4 is 10.6 Å². The van der Waals surface area contributed by atoms with E-state index in [0.29, 0.717) is 12.0 Å². The zero-order valence-electron chi connectivity index (χ0n) is 12.3. The molecule has 2 heterocycles. The van der Waals surface area contributed by atoms with Crippen LogP contribution in [0.5, 0.6) is 0 Å². The van der Waals surface area contributed by atoms with Gasteiger partial charge in [0.05, 0.1) is 5.52 Å². The lowest BCUT2D eigenvalue weighted by Gasteiger charge is -2.40. The highest BCUT2D eigenvalue weighted by atomic mass is 15.2. The van der Waals surface area contributed by atoms with Crippen LogP contribution in [0.25, 0.3) is 10.9 Å². The van der Waals surface area contributed by atoms with Gasteiger partial charge in [-0.25, -0.2) is 0 Å². The van der Waals surface area contributed by atoms with E-state index >= 15 is 0 Å².